The summed E-state index contributed by atoms with van der Waals surface area (Å²) in [4.78, 5) is 0. The van der Waals surface area contributed by atoms with Crippen LogP contribution in [0, 0.1) is 6.92 Å². The number of nitrogens with one attached hydrogen (secondary N) is 1. The van der Waals surface area contributed by atoms with Gasteiger partial charge in [0.15, 0.2) is 0 Å². The van der Waals surface area contributed by atoms with Crippen molar-refractivity contribution in [1.82, 2.24) is 9.88 Å². The van der Waals surface area contributed by atoms with Gasteiger partial charge in [-0.3, -0.25) is 0 Å². The second-order valence-corrected chi connectivity index (χ2v) is 4.80. The molecular formula is C15H22N2O. The van der Waals surface area contributed by atoms with Crippen molar-refractivity contribution in [3.05, 3.63) is 29.5 Å². The minimum atomic E-state index is 0.340. The van der Waals surface area contributed by atoms with Crippen LogP contribution in [0.4, 0.5) is 0 Å². The van der Waals surface area contributed by atoms with Gasteiger partial charge < -0.3 is 15.0 Å². The molecule has 2 aromatic rings. The fourth-order valence-electron chi connectivity index (χ4n) is 2.54. The van der Waals surface area contributed by atoms with E-state index in [1.165, 1.54) is 29.6 Å². The molecule has 2 rings (SSSR count). The zero-order chi connectivity index (χ0) is 13.1. The largest absolute Gasteiger partial charge is 0.508 e. The van der Waals surface area contributed by atoms with Crippen molar-refractivity contribution in [2.45, 2.75) is 39.8 Å². The summed E-state index contributed by atoms with van der Waals surface area (Å²) < 4.78 is 2.37. The Morgan fingerprint density at radius 1 is 1.33 bits per heavy atom. The maximum Gasteiger partial charge on any atom is 0.116 e. The topological polar surface area (TPSA) is 37.2 Å². The number of hydrogen-bond donors (Lipinski definition) is 2. The van der Waals surface area contributed by atoms with Crippen molar-refractivity contribution in [3.63, 3.8) is 0 Å². The van der Waals surface area contributed by atoms with Gasteiger partial charge in [0.1, 0.15) is 5.75 Å². The van der Waals surface area contributed by atoms with E-state index in [0.29, 0.717) is 5.75 Å². The molecule has 0 unspecified atom stereocenters. The van der Waals surface area contributed by atoms with E-state index in [1.807, 2.05) is 19.2 Å². The number of phenolic OH excluding ortho intramolecular Hbond substituents is 1. The first-order valence-corrected chi connectivity index (χ1v) is 6.64. The predicted octanol–water partition coefficient (Wildman–Crippen LogP) is 3.17. The van der Waals surface area contributed by atoms with Gasteiger partial charge in [-0.2, -0.15) is 0 Å². The number of fused-ring (bicyclic) bond motifs is 1. The minimum absolute atomic E-state index is 0.340. The Balaban J connectivity index is 2.58. The molecule has 0 amide bonds. The van der Waals surface area contributed by atoms with Crippen LogP contribution in [-0.4, -0.2) is 16.7 Å². The van der Waals surface area contributed by atoms with Crippen LogP contribution >= 0.6 is 0 Å². The summed E-state index contributed by atoms with van der Waals surface area (Å²) in [5.74, 6) is 0.340. The highest BCUT2D eigenvalue weighted by atomic mass is 16.3. The van der Waals surface area contributed by atoms with Gasteiger partial charge in [-0.15, -0.1) is 0 Å². The third kappa shape index (κ3) is 2.23. The van der Waals surface area contributed by atoms with Crippen molar-refractivity contribution in [3.8, 4) is 5.75 Å². The van der Waals surface area contributed by atoms with E-state index < -0.39 is 0 Å². The Morgan fingerprint density at radius 3 is 2.78 bits per heavy atom. The van der Waals surface area contributed by atoms with Crippen molar-refractivity contribution >= 4 is 10.9 Å². The average Bonchev–Trinajstić information content (AvgIpc) is 2.61. The van der Waals surface area contributed by atoms with Crippen LogP contribution < -0.4 is 5.32 Å². The molecular weight excluding hydrogens is 224 g/mol. The Hall–Kier alpha value is -1.48. The molecule has 0 aliphatic rings. The molecule has 1 heterocycles. The number of hydrogen-bond acceptors (Lipinski definition) is 2. The molecule has 18 heavy (non-hydrogen) atoms. The van der Waals surface area contributed by atoms with E-state index in [2.05, 4.69) is 23.7 Å². The van der Waals surface area contributed by atoms with Gasteiger partial charge in [0.2, 0.25) is 0 Å². The molecule has 0 bridgehead atoms. The molecule has 2 N–H and O–H groups in total. The van der Waals surface area contributed by atoms with Crippen molar-refractivity contribution in [2.24, 2.45) is 0 Å². The summed E-state index contributed by atoms with van der Waals surface area (Å²) in [6.45, 7) is 6.26. The van der Waals surface area contributed by atoms with Gasteiger partial charge in [0, 0.05) is 29.7 Å². The summed E-state index contributed by atoms with van der Waals surface area (Å²) in [5.41, 5.74) is 3.82. The van der Waals surface area contributed by atoms with Gasteiger partial charge in [-0.05, 0) is 44.2 Å². The van der Waals surface area contributed by atoms with Crippen LogP contribution in [0.3, 0.4) is 0 Å². The molecule has 0 aliphatic carbocycles. The number of aromatic hydroxyl groups is 1. The van der Waals surface area contributed by atoms with Gasteiger partial charge in [-0.1, -0.05) is 13.3 Å². The third-order valence-corrected chi connectivity index (χ3v) is 3.53. The van der Waals surface area contributed by atoms with Crippen LogP contribution in [0.5, 0.6) is 5.75 Å². The summed E-state index contributed by atoms with van der Waals surface area (Å²) >= 11 is 0. The molecule has 0 aliphatic heterocycles. The van der Waals surface area contributed by atoms with Crippen LogP contribution in [-0.2, 0) is 13.1 Å². The molecule has 3 nitrogen and oxygen atoms in total. The molecule has 0 fully saturated rings. The highest BCUT2D eigenvalue weighted by Gasteiger charge is 2.13. The molecule has 0 atom stereocenters. The monoisotopic (exact) mass is 246 g/mol. The number of benzene rings is 1. The standard InChI is InChI=1S/C15H22N2O/c1-4-5-8-17-11(2)14(10-16-3)13-9-12(18)6-7-15(13)17/h6-7,9,16,18H,4-5,8,10H2,1-3H3. The van der Waals surface area contributed by atoms with E-state index in [-0.39, 0.29) is 0 Å². The smallest absolute Gasteiger partial charge is 0.116 e. The first kappa shape index (κ1) is 13.0. The van der Waals surface area contributed by atoms with Crippen molar-refractivity contribution in [2.75, 3.05) is 7.05 Å². The van der Waals surface area contributed by atoms with Crippen LogP contribution in [0.25, 0.3) is 10.9 Å². The van der Waals surface area contributed by atoms with Gasteiger partial charge in [0.05, 0.1) is 0 Å². The van der Waals surface area contributed by atoms with Crippen molar-refractivity contribution < 1.29 is 5.11 Å². The number of rotatable bonds is 5. The Bertz CT molecular complexity index is 543. The molecule has 0 saturated carbocycles. The van der Waals surface area contributed by atoms with Crippen LogP contribution in [0.2, 0.25) is 0 Å². The molecule has 0 spiro atoms. The molecule has 3 heteroatoms. The highest BCUT2D eigenvalue weighted by molar-refractivity contribution is 5.86. The molecule has 1 aromatic heterocycles. The average molecular weight is 246 g/mol. The summed E-state index contributed by atoms with van der Waals surface area (Å²) in [6, 6.07) is 5.66. The zero-order valence-corrected chi connectivity index (χ0v) is 11.5. The number of nitrogens with zero attached hydrogens (tertiary/aromatic N) is 1. The Labute approximate surface area is 108 Å². The molecule has 98 valence electrons. The maximum absolute atomic E-state index is 9.67. The molecule has 0 radical (unpaired) electrons. The van der Waals surface area contributed by atoms with Crippen LogP contribution in [0.1, 0.15) is 31.0 Å². The normalized spacial score (nSPS) is 11.3. The second kappa shape index (κ2) is 5.44. The Morgan fingerprint density at radius 2 is 2.11 bits per heavy atom. The zero-order valence-electron chi connectivity index (χ0n) is 11.5. The lowest BCUT2D eigenvalue weighted by atomic mass is 10.1. The molecule has 1 aromatic carbocycles. The predicted molar refractivity (Wildman–Crippen MR) is 76.0 cm³/mol. The number of aromatic nitrogens is 1. The van der Waals surface area contributed by atoms with Gasteiger partial charge in [0.25, 0.3) is 0 Å². The first-order valence-electron chi connectivity index (χ1n) is 6.64. The second-order valence-electron chi connectivity index (χ2n) is 4.80. The minimum Gasteiger partial charge on any atom is -0.508 e. The quantitative estimate of drug-likeness (QED) is 0.850. The summed E-state index contributed by atoms with van der Waals surface area (Å²) in [6.07, 6.45) is 2.38. The fraction of sp³-hybridized carbons (Fsp3) is 0.467. The van der Waals surface area contributed by atoms with E-state index in [0.717, 1.165) is 18.5 Å². The van der Waals surface area contributed by atoms with E-state index in [9.17, 15) is 5.11 Å². The highest BCUT2D eigenvalue weighted by Crippen LogP contribution is 2.29. The number of unbranched alkanes of at least 4 members (excludes halogenated alkanes) is 1. The Kier molecular flexibility index (Phi) is 3.92. The van der Waals surface area contributed by atoms with Crippen molar-refractivity contribution in [1.29, 1.82) is 0 Å². The fourth-order valence-corrected chi connectivity index (χ4v) is 2.54. The third-order valence-electron chi connectivity index (χ3n) is 3.53. The van der Waals surface area contributed by atoms with Gasteiger partial charge in [-0.25, -0.2) is 0 Å². The van der Waals surface area contributed by atoms with E-state index >= 15 is 0 Å². The SMILES string of the molecule is CCCCn1c(C)c(CNC)c2cc(O)ccc21. The maximum atomic E-state index is 9.67. The molecule has 0 saturated heterocycles. The lowest BCUT2D eigenvalue weighted by Crippen LogP contribution is -2.07. The first-order chi connectivity index (χ1) is 8.69. The van der Waals surface area contributed by atoms with E-state index in [1.54, 1.807) is 6.07 Å². The van der Waals surface area contributed by atoms with E-state index in [4.69, 9.17) is 0 Å². The number of phenols is 1. The summed E-state index contributed by atoms with van der Waals surface area (Å²) in [5, 5.41) is 14.0. The van der Waals surface area contributed by atoms with Gasteiger partial charge >= 0.3 is 0 Å². The number of aryl methyl sites for hydroxylation is 1. The lowest BCUT2D eigenvalue weighted by Gasteiger charge is -2.07. The summed E-state index contributed by atoms with van der Waals surface area (Å²) in [7, 11) is 1.96. The van der Waals surface area contributed by atoms with Crippen LogP contribution in [0.15, 0.2) is 18.2 Å². The lowest BCUT2D eigenvalue weighted by molar-refractivity contribution is 0.476.